The van der Waals surface area contributed by atoms with Gasteiger partial charge in [-0.1, -0.05) is 13.8 Å². The Labute approximate surface area is 183 Å². The average Bonchev–Trinajstić information content (AvgIpc) is 3.31. The van der Waals surface area contributed by atoms with Gasteiger partial charge in [-0.25, -0.2) is 17.7 Å². The second-order valence-electron chi connectivity index (χ2n) is 8.56. The van der Waals surface area contributed by atoms with Crippen molar-refractivity contribution in [2.45, 2.75) is 57.8 Å². The summed E-state index contributed by atoms with van der Waals surface area (Å²) in [6.07, 6.45) is 6.92. The summed E-state index contributed by atoms with van der Waals surface area (Å²) in [5.74, 6) is -1.35. The zero-order valence-electron chi connectivity index (χ0n) is 17.3. The van der Waals surface area contributed by atoms with Crippen LogP contribution in [0.25, 0.3) is 0 Å². The molecule has 0 bridgehead atoms. The van der Waals surface area contributed by atoms with E-state index >= 15 is 0 Å². The molecule has 1 aromatic rings. The number of carbonyl (C=O) groups excluding carboxylic acids is 2. The molecule has 0 spiro atoms. The highest BCUT2D eigenvalue weighted by molar-refractivity contribution is 7.88. The van der Waals surface area contributed by atoms with E-state index in [1.54, 1.807) is 11.1 Å². The molecule has 3 aliphatic rings. The van der Waals surface area contributed by atoms with Crippen LogP contribution in [-0.2, 0) is 21.4 Å². The fourth-order valence-electron chi connectivity index (χ4n) is 4.51. The van der Waals surface area contributed by atoms with Gasteiger partial charge in [0.15, 0.2) is 0 Å². The van der Waals surface area contributed by atoms with Gasteiger partial charge < -0.3 is 10.2 Å². The largest absolute Gasteiger partial charge is 0.331 e. The number of likely N-dealkylation sites (tertiary alicyclic amines) is 1. The molecule has 11 heteroatoms. The Morgan fingerprint density at radius 3 is 2.47 bits per heavy atom. The molecular formula is C19H28ClN5O4S. The van der Waals surface area contributed by atoms with Gasteiger partial charge in [0.05, 0.1) is 42.3 Å². The molecule has 3 atom stereocenters. The van der Waals surface area contributed by atoms with E-state index in [9.17, 15) is 18.0 Å². The first-order chi connectivity index (χ1) is 13.7. The number of hydrogen-bond donors (Lipinski definition) is 1. The summed E-state index contributed by atoms with van der Waals surface area (Å²) in [4.78, 5) is 36.2. The molecule has 1 aromatic heterocycles. The smallest absolute Gasteiger partial charge is 0.274 e. The predicted octanol–water partition coefficient (Wildman–Crippen LogP) is 0.808. The van der Waals surface area contributed by atoms with Gasteiger partial charge in [0.2, 0.25) is 15.9 Å². The van der Waals surface area contributed by atoms with Crippen molar-refractivity contribution in [1.29, 1.82) is 0 Å². The van der Waals surface area contributed by atoms with Crippen molar-refractivity contribution >= 4 is 34.2 Å². The quantitative estimate of drug-likeness (QED) is 0.672. The molecule has 2 amide bonds. The molecule has 4 rings (SSSR count). The van der Waals surface area contributed by atoms with Gasteiger partial charge in [-0.3, -0.25) is 14.6 Å². The van der Waals surface area contributed by atoms with Crippen molar-refractivity contribution in [3.05, 3.63) is 23.8 Å². The molecule has 9 nitrogen and oxygen atoms in total. The van der Waals surface area contributed by atoms with E-state index in [1.165, 1.54) is 19.0 Å². The lowest BCUT2D eigenvalue weighted by molar-refractivity contribution is -0.129. The second-order valence-corrected chi connectivity index (χ2v) is 10.4. The minimum atomic E-state index is -3.69. The summed E-state index contributed by atoms with van der Waals surface area (Å²) >= 11 is 0. The first kappa shape index (κ1) is 22.9. The van der Waals surface area contributed by atoms with Crippen LogP contribution >= 0.6 is 12.4 Å². The summed E-state index contributed by atoms with van der Waals surface area (Å²) in [7, 11) is -3.69. The molecule has 3 fully saturated rings. The van der Waals surface area contributed by atoms with Crippen LogP contribution in [-0.4, -0.2) is 70.3 Å². The van der Waals surface area contributed by atoms with Crippen LogP contribution in [0.5, 0.6) is 0 Å². The second kappa shape index (κ2) is 8.39. The molecule has 3 heterocycles. The molecule has 2 saturated heterocycles. The van der Waals surface area contributed by atoms with E-state index in [0.717, 1.165) is 16.3 Å². The van der Waals surface area contributed by atoms with Gasteiger partial charge in [0.1, 0.15) is 5.69 Å². The van der Waals surface area contributed by atoms with Crippen LogP contribution in [0.1, 0.15) is 49.3 Å². The monoisotopic (exact) mass is 457 g/mol. The summed E-state index contributed by atoms with van der Waals surface area (Å²) in [6.45, 7) is 4.78. The van der Waals surface area contributed by atoms with E-state index < -0.39 is 33.9 Å². The fraction of sp³-hybridized carbons (Fsp3) is 0.684. The van der Waals surface area contributed by atoms with Gasteiger partial charge in [0, 0.05) is 19.1 Å². The number of sulfonamides is 1. The van der Waals surface area contributed by atoms with Crippen LogP contribution in [0.3, 0.4) is 0 Å². The minimum absolute atomic E-state index is 0. The Kier molecular flexibility index (Phi) is 6.41. The van der Waals surface area contributed by atoms with Gasteiger partial charge >= 0.3 is 0 Å². The Morgan fingerprint density at radius 1 is 1.23 bits per heavy atom. The van der Waals surface area contributed by atoms with E-state index in [1.807, 2.05) is 13.8 Å². The molecule has 30 heavy (non-hydrogen) atoms. The molecule has 0 aromatic carbocycles. The highest BCUT2D eigenvalue weighted by Gasteiger charge is 2.58. The summed E-state index contributed by atoms with van der Waals surface area (Å²) in [6, 6.07) is -0.420. The van der Waals surface area contributed by atoms with Crippen LogP contribution in [0.4, 0.5) is 0 Å². The highest BCUT2D eigenvalue weighted by Crippen LogP contribution is 2.41. The molecule has 3 unspecified atom stereocenters. The first-order valence-electron chi connectivity index (χ1n) is 10.1. The fourth-order valence-corrected chi connectivity index (χ4v) is 5.68. The third kappa shape index (κ3) is 4.17. The molecule has 1 saturated carbocycles. The van der Waals surface area contributed by atoms with Gasteiger partial charge in [-0.15, -0.1) is 12.4 Å². The average molecular weight is 458 g/mol. The number of nitrogens with zero attached hydrogens (tertiary/aromatic N) is 4. The van der Waals surface area contributed by atoms with Crippen molar-refractivity contribution in [2.24, 2.45) is 11.8 Å². The number of aromatic nitrogens is 2. The summed E-state index contributed by atoms with van der Waals surface area (Å²) in [5.41, 5.74) is 0.987. The lowest BCUT2D eigenvalue weighted by atomic mass is 9.88. The maximum atomic E-state index is 13.1. The first-order valence-corrected chi connectivity index (χ1v) is 11.9. The van der Waals surface area contributed by atoms with E-state index in [2.05, 4.69) is 15.3 Å². The number of fused-ring (bicyclic) bond motifs is 1. The Bertz CT molecular complexity index is 919. The summed E-state index contributed by atoms with van der Waals surface area (Å²) in [5, 5.41) is 3.35. The topological polar surface area (TPSA) is 113 Å². The van der Waals surface area contributed by atoms with Crippen LogP contribution in [0.2, 0.25) is 0 Å². The minimum Gasteiger partial charge on any atom is -0.331 e. The standard InChI is InChI=1S/C19H27N5O4S.ClH/c1-11(2)16-17-15(24(19(16)26)29(3,27)28)6-7-23(17)18(25)14-10-21-13(9-22-14)8-20-12-4-5-12;/h9-12,15-17,20H,4-8H2,1-3H3;1H. The SMILES string of the molecule is CC(C)C1C(=O)N(S(C)(=O)=O)C2CCN(C(=O)c3cnc(CNC4CC4)cn3)C12.Cl. The molecule has 166 valence electrons. The Morgan fingerprint density at radius 2 is 1.93 bits per heavy atom. The number of rotatable bonds is 6. The molecule has 1 aliphatic carbocycles. The van der Waals surface area contributed by atoms with E-state index in [-0.39, 0.29) is 29.9 Å². The Hall–Kier alpha value is -1.78. The number of halogens is 1. The summed E-state index contributed by atoms with van der Waals surface area (Å²) < 4.78 is 25.4. The van der Waals surface area contributed by atoms with Crippen molar-refractivity contribution in [1.82, 2.24) is 24.5 Å². The molecule has 0 radical (unpaired) electrons. The Balaban J connectivity index is 0.00000256. The number of amides is 2. The van der Waals surface area contributed by atoms with Gasteiger partial charge in [0.25, 0.3) is 5.91 Å². The van der Waals surface area contributed by atoms with Crippen molar-refractivity contribution in [3.63, 3.8) is 0 Å². The van der Waals surface area contributed by atoms with Gasteiger partial charge in [-0.2, -0.15) is 0 Å². The number of nitrogens with one attached hydrogen (secondary N) is 1. The van der Waals surface area contributed by atoms with E-state index in [4.69, 9.17) is 0 Å². The maximum Gasteiger partial charge on any atom is 0.274 e. The molecule has 1 N–H and O–H groups in total. The lowest BCUT2D eigenvalue weighted by Crippen LogP contribution is -2.44. The zero-order valence-corrected chi connectivity index (χ0v) is 18.9. The van der Waals surface area contributed by atoms with Crippen molar-refractivity contribution in [3.8, 4) is 0 Å². The number of hydrogen-bond acceptors (Lipinski definition) is 7. The molecule has 2 aliphatic heterocycles. The van der Waals surface area contributed by atoms with Crippen molar-refractivity contribution in [2.75, 3.05) is 12.8 Å². The normalized spacial score (nSPS) is 26.1. The zero-order chi connectivity index (χ0) is 20.9. The van der Waals surface area contributed by atoms with Crippen molar-refractivity contribution < 1.29 is 18.0 Å². The van der Waals surface area contributed by atoms with Crippen LogP contribution < -0.4 is 5.32 Å². The highest BCUT2D eigenvalue weighted by atomic mass is 35.5. The predicted molar refractivity (Wildman–Crippen MR) is 112 cm³/mol. The van der Waals surface area contributed by atoms with Crippen LogP contribution in [0, 0.1) is 11.8 Å². The number of carbonyl (C=O) groups is 2. The van der Waals surface area contributed by atoms with Gasteiger partial charge in [-0.05, 0) is 25.2 Å². The van der Waals surface area contributed by atoms with Crippen LogP contribution in [0.15, 0.2) is 12.4 Å². The van der Waals surface area contributed by atoms with E-state index in [0.29, 0.717) is 25.6 Å². The third-order valence-electron chi connectivity index (χ3n) is 6.00. The molecular weight excluding hydrogens is 430 g/mol. The maximum absolute atomic E-state index is 13.1. The third-order valence-corrected chi connectivity index (χ3v) is 7.17. The lowest BCUT2D eigenvalue weighted by Gasteiger charge is -2.28.